The van der Waals surface area contributed by atoms with Crippen LogP contribution in [0.2, 0.25) is 0 Å². The molecule has 3 aromatic rings. The smallest absolute Gasteiger partial charge is 0.274 e. The van der Waals surface area contributed by atoms with Crippen molar-refractivity contribution in [2.45, 2.75) is 12.6 Å². The zero-order valence-electron chi connectivity index (χ0n) is 14.4. The summed E-state index contributed by atoms with van der Waals surface area (Å²) in [6.45, 7) is 0.0950. The number of nitrogens with one attached hydrogen (secondary N) is 1. The molecular formula is C20H17N3O4. The summed E-state index contributed by atoms with van der Waals surface area (Å²) in [5, 5.41) is 2.74. The lowest BCUT2D eigenvalue weighted by molar-refractivity contribution is -0.129. The molecule has 136 valence electrons. The third-order valence-electron chi connectivity index (χ3n) is 4.19. The van der Waals surface area contributed by atoms with Gasteiger partial charge in [0, 0.05) is 11.8 Å². The van der Waals surface area contributed by atoms with Gasteiger partial charge in [0.1, 0.15) is 12.3 Å². The molecule has 0 bridgehead atoms. The number of anilines is 1. The Morgan fingerprint density at radius 3 is 2.74 bits per heavy atom. The summed E-state index contributed by atoms with van der Waals surface area (Å²) in [5.41, 5.74) is 0.720. The number of aromatic nitrogens is 1. The molecule has 0 saturated heterocycles. The molecule has 7 heteroatoms. The number of hydrogen-bond donors (Lipinski definition) is 1. The molecule has 0 fully saturated rings. The van der Waals surface area contributed by atoms with E-state index in [0.29, 0.717) is 17.3 Å². The first-order valence-corrected chi connectivity index (χ1v) is 8.49. The molecule has 2 aromatic heterocycles. The van der Waals surface area contributed by atoms with Gasteiger partial charge in [0.25, 0.3) is 5.91 Å². The van der Waals surface area contributed by atoms with Crippen LogP contribution in [-0.2, 0) is 16.1 Å². The highest BCUT2D eigenvalue weighted by atomic mass is 16.5. The number of pyridine rings is 1. The summed E-state index contributed by atoms with van der Waals surface area (Å²) in [5.74, 6) is 0.788. The Kier molecular flexibility index (Phi) is 4.57. The van der Waals surface area contributed by atoms with Crippen molar-refractivity contribution < 1.29 is 18.7 Å². The van der Waals surface area contributed by atoms with E-state index in [1.807, 2.05) is 30.3 Å². The number of carbonyl (C=O) groups is 2. The maximum atomic E-state index is 13.0. The van der Waals surface area contributed by atoms with Gasteiger partial charge in [0.15, 0.2) is 11.6 Å². The van der Waals surface area contributed by atoms with Crippen molar-refractivity contribution in [2.24, 2.45) is 0 Å². The molecule has 27 heavy (non-hydrogen) atoms. The molecule has 0 unspecified atom stereocenters. The predicted octanol–water partition coefficient (Wildman–Crippen LogP) is 2.46. The summed E-state index contributed by atoms with van der Waals surface area (Å²) < 4.78 is 11.1. The Balaban J connectivity index is 1.56. The Hall–Kier alpha value is -3.61. The second kappa shape index (κ2) is 7.33. The number of carbonyl (C=O) groups excluding carboxylic acids is 2. The number of rotatable bonds is 5. The van der Waals surface area contributed by atoms with Crippen LogP contribution in [0.4, 0.5) is 5.82 Å². The first kappa shape index (κ1) is 16.8. The Morgan fingerprint density at radius 2 is 1.96 bits per heavy atom. The first-order valence-electron chi connectivity index (χ1n) is 8.49. The molecule has 4 rings (SSSR count). The average molecular weight is 363 g/mol. The van der Waals surface area contributed by atoms with Gasteiger partial charge in [-0.2, -0.15) is 0 Å². The van der Waals surface area contributed by atoms with Crippen molar-refractivity contribution in [3.8, 4) is 5.75 Å². The average Bonchev–Trinajstić information content (AvgIpc) is 3.23. The number of benzene rings is 1. The number of furan rings is 1. The minimum Gasteiger partial charge on any atom is -0.472 e. The van der Waals surface area contributed by atoms with Gasteiger partial charge < -0.3 is 14.5 Å². The standard InChI is InChI=1S/C20H17N3O4/c24-17(22-12-15-8-5-11-26-15)13-23-19-16(9-4-10-21-19)27-18(20(23)25)14-6-2-1-3-7-14/h1-11,18H,12-13H2,(H,22,24)/t18-/m1/s1. The number of amides is 2. The lowest BCUT2D eigenvalue weighted by Gasteiger charge is -2.33. The molecule has 1 N–H and O–H groups in total. The zero-order chi connectivity index (χ0) is 18.6. The van der Waals surface area contributed by atoms with Crippen LogP contribution < -0.4 is 15.0 Å². The number of fused-ring (bicyclic) bond motifs is 1. The number of nitrogens with zero attached hydrogens (tertiary/aromatic N) is 2. The molecule has 3 heterocycles. The summed E-state index contributed by atoms with van der Waals surface area (Å²) in [7, 11) is 0. The normalized spacial score (nSPS) is 15.8. The maximum Gasteiger partial charge on any atom is 0.274 e. The maximum absolute atomic E-state index is 13.0. The lowest BCUT2D eigenvalue weighted by Crippen LogP contribution is -2.46. The van der Waals surface area contributed by atoms with Gasteiger partial charge in [-0.15, -0.1) is 0 Å². The molecule has 0 spiro atoms. The van der Waals surface area contributed by atoms with E-state index in [-0.39, 0.29) is 24.9 Å². The Bertz CT molecular complexity index is 941. The van der Waals surface area contributed by atoms with Crippen molar-refractivity contribution >= 4 is 17.6 Å². The van der Waals surface area contributed by atoms with Crippen LogP contribution in [0, 0.1) is 0 Å². The fraction of sp³-hybridized carbons (Fsp3) is 0.150. The molecule has 1 atom stereocenters. The van der Waals surface area contributed by atoms with E-state index in [9.17, 15) is 9.59 Å². The van der Waals surface area contributed by atoms with Gasteiger partial charge in [-0.1, -0.05) is 30.3 Å². The van der Waals surface area contributed by atoms with Crippen molar-refractivity contribution in [1.82, 2.24) is 10.3 Å². The van der Waals surface area contributed by atoms with E-state index in [0.717, 1.165) is 5.56 Å². The van der Waals surface area contributed by atoms with Crippen LogP contribution in [0.15, 0.2) is 71.5 Å². The van der Waals surface area contributed by atoms with Crippen LogP contribution in [0.3, 0.4) is 0 Å². The predicted molar refractivity (Wildman–Crippen MR) is 97.0 cm³/mol. The van der Waals surface area contributed by atoms with Gasteiger partial charge in [0.05, 0.1) is 12.8 Å². The molecule has 2 amide bonds. The molecule has 7 nitrogen and oxygen atoms in total. The Labute approximate surface area is 155 Å². The van der Waals surface area contributed by atoms with E-state index >= 15 is 0 Å². The molecule has 1 aromatic carbocycles. The summed E-state index contributed by atoms with van der Waals surface area (Å²) in [6, 6.07) is 16.2. The minimum atomic E-state index is -0.819. The highest BCUT2D eigenvalue weighted by Gasteiger charge is 2.37. The van der Waals surface area contributed by atoms with Gasteiger partial charge in [-0.3, -0.25) is 14.5 Å². The highest BCUT2D eigenvalue weighted by Crippen LogP contribution is 2.36. The van der Waals surface area contributed by atoms with Gasteiger partial charge in [0.2, 0.25) is 12.0 Å². The van der Waals surface area contributed by atoms with E-state index in [4.69, 9.17) is 9.15 Å². The van der Waals surface area contributed by atoms with Gasteiger partial charge in [-0.05, 0) is 24.3 Å². The van der Waals surface area contributed by atoms with Crippen molar-refractivity contribution in [1.29, 1.82) is 0 Å². The van der Waals surface area contributed by atoms with E-state index in [1.54, 1.807) is 30.5 Å². The fourth-order valence-corrected chi connectivity index (χ4v) is 2.89. The molecule has 1 aliphatic heterocycles. The third kappa shape index (κ3) is 3.52. The van der Waals surface area contributed by atoms with Gasteiger partial charge in [-0.25, -0.2) is 4.98 Å². The molecule has 0 aliphatic carbocycles. The van der Waals surface area contributed by atoms with Crippen molar-refractivity contribution in [2.75, 3.05) is 11.4 Å². The zero-order valence-corrected chi connectivity index (χ0v) is 14.4. The molecule has 0 radical (unpaired) electrons. The number of hydrogen-bond acceptors (Lipinski definition) is 5. The second-order valence-corrected chi connectivity index (χ2v) is 6.01. The minimum absolute atomic E-state index is 0.156. The SMILES string of the molecule is O=C(CN1C(=O)[C@@H](c2ccccc2)Oc2cccnc21)NCc1ccco1. The first-order chi connectivity index (χ1) is 13.2. The monoisotopic (exact) mass is 363 g/mol. The topological polar surface area (TPSA) is 84.7 Å². The van der Waals surface area contributed by atoms with Crippen LogP contribution >= 0.6 is 0 Å². The quantitative estimate of drug-likeness (QED) is 0.753. The second-order valence-electron chi connectivity index (χ2n) is 6.01. The van der Waals surface area contributed by atoms with E-state index < -0.39 is 6.10 Å². The molecule has 1 aliphatic rings. The van der Waals surface area contributed by atoms with E-state index in [1.165, 1.54) is 11.2 Å². The fourth-order valence-electron chi connectivity index (χ4n) is 2.89. The van der Waals surface area contributed by atoms with Crippen molar-refractivity contribution in [3.63, 3.8) is 0 Å². The third-order valence-corrected chi connectivity index (χ3v) is 4.19. The van der Waals surface area contributed by atoms with Crippen LogP contribution in [0.25, 0.3) is 0 Å². The summed E-state index contributed by atoms with van der Waals surface area (Å²) in [6.07, 6.45) is 2.28. The summed E-state index contributed by atoms with van der Waals surface area (Å²) >= 11 is 0. The number of ether oxygens (including phenoxy) is 1. The summed E-state index contributed by atoms with van der Waals surface area (Å²) in [4.78, 5) is 31.0. The molecule has 0 saturated carbocycles. The van der Waals surface area contributed by atoms with Crippen LogP contribution in [0.1, 0.15) is 17.4 Å². The largest absolute Gasteiger partial charge is 0.472 e. The highest BCUT2D eigenvalue weighted by molar-refractivity contribution is 6.03. The molecular weight excluding hydrogens is 346 g/mol. The van der Waals surface area contributed by atoms with Crippen molar-refractivity contribution in [3.05, 3.63) is 78.4 Å². The van der Waals surface area contributed by atoms with Crippen LogP contribution in [-0.4, -0.2) is 23.3 Å². The Morgan fingerprint density at radius 1 is 1.11 bits per heavy atom. The van der Waals surface area contributed by atoms with Gasteiger partial charge >= 0.3 is 0 Å². The van der Waals surface area contributed by atoms with E-state index in [2.05, 4.69) is 10.3 Å². The lowest BCUT2D eigenvalue weighted by atomic mass is 10.1. The van der Waals surface area contributed by atoms with Crippen LogP contribution in [0.5, 0.6) is 5.75 Å².